The molecule has 1 saturated carbocycles. The SMILES string of the molecule is CCCCCCCCCCCCCCC1CCCCCO1.CCCCc1ccc(C)c(/C(C)=C(\C)CC)c1/C(=C\C(C)=C1CC1)C(F)(F)CC(C)C. The first-order valence-corrected chi connectivity index (χ1v) is 22.2. The minimum Gasteiger partial charge on any atom is -0.378 e. The van der Waals surface area contributed by atoms with Crippen LogP contribution in [-0.2, 0) is 11.2 Å². The molecule has 1 unspecified atom stereocenters. The van der Waals surface area contributed by atoms with Gasteiger partial charge in [-0.3, -0.25) is 0 Å². The van der Waals surface area contributed by atoms with Crippen molar-refractivity contribution in [1.82, 2.24) is 0 Å². The zero-order valence-corrected chi connectivity index (χ0v) is 35.7. The van der Waals surface area contributed by atoms with Crippen molar-refractivity contribution in [2.45, 2.75) is 228 Å². The minimum atomic E-state index is -2.87. The van der Waals surface area contributed by atoms with Gasteiger partial charge in [-0.05, 0) is 119 Å². The zero-order valence-electron chi connectivity index (χ0n) is 35.7. The summed E-state index contributed by atoms with van der Waals surface area (Å²) >= 11 is 0. The molecule has 0 spiro atoms. The van der Waals surface area contributed by atoms with E-state index in [9.17, 15) is 0 Å². The number of halogens is 2. The van der Waals surface area contributed by atoms with Crippen molar-refractivity contribution in [1.29, 1.82) is 0 Å². The fraction of sp³-hybridized carbons (Fsp3) is 0.755. The molecule has 2 fully saturated rings. The number of allylic oxidation sites excluding steroid dienone is 6. The standard InChI is InChI=1S/C29H42F2.C20H40O/c1-9-11-12-25-14-13-21(6)27(23(8)20(5)10-2)28(25)26(17-22(7)24-15-16-24)29(30,31)18-19(3)4;1-2-3-4-5-6-7-8-9-10-11-12-14-17-20-18-15-13-16-19-21-20/h13-14,17,19H,9-12,15-16,18H2,1-8H3;20H,2-19H2,1H3/b23-20+,26-17+;. The van der Waals surface area contributed by atoms with Gasteiger partial charge >= 0.3 is 0 Å². The first-order valence-electron chi connectivity index (χ1n) is 22.2. The highest BCUT2D eigenvalue weighted by Gasteiger charge is 2.38. The van der Waals surface area contributed by atoms with Crippen LogP contribution in [0.1, 0.15) is 225 Å². The Morgan fingerprint density at radius 2 is 1.38 bits per heavy atom. The molecule has 1 nitrogen and oxygen atoms in total. The zero-order chi connectivity index (χ0) is 38.4. The smallest absolute Gasteiger partial charge is 0.274 e. The number of ether oxygens (including phenoxy) is 1. The summed E-state index contributed by atoms with van der Waals surface area (Å²) in [5.41, 5.74) is 8.96. The second-order valence-electron chi connectivity index (χ2n) is 16.8. The summed E-state index contributed by atoms with van der Waals surface area (Å²) in [4.78, 5) is 0. The lowest BCUT2D eigenvalue weighted by Crippen LogP contribution is -2.23. The number of alkyl halides is 2. The van der Waals surface area contributed by atoms with Gasteiger partial charge in [0.25, 0.3) is 5.92 Å². The maximum Gasteiger partial charge on any atom is 0.274 e. The molecule has 0 radical (unpaired) electrons. The van der Waals surface area contributed by atoms with E-state index >= 15 is 8.78 Å². The van der Waals surface area contributed by atoms with Crippen LogP contribution >= 0.6 is 0 Å². The third kappa shape index (κ3) is 17.6. The van der Waals surface area contributed by atoms with Crippen LogP contribution in [0.15, 0.2) is 34.9 Å². The number of hydrogen-bond donors (Lipinski definition) is 0. The van der Waals surface area contributed by atoms with Crippen LogP contribution in [0.4, 0.5) is 8.78 Å². The Morgan fingerprint density at radius 3 is 1.94 bits per heavy atom. The van der Waals surface area contributed by atoms with Crippen LogP contribution in [-0.4, -0.2) is 18.6 Å². The van der Waals surface area contributed by atoms with Crippen LogP contribution in [0.3, 0.4) is 0 Å². The Bertz CT molecular complexity index is 1220. The number of unbranched alkanes of at least 4 members (excludes halogenated alkanes) is 12. The highest BCUT2D eigenvalue weighted by atomic mass is 19.3. The molecule has 298 valence electrons. The summed E-state index contributed by atoms with van der Waals surface area (Å²) in [6.45, 7) is 19.7. The first-order chi connectivity index (χ1) is 25.0. The molecule has 1 saturated heterocycles. The third-order valence-electron chi connectivity index (χ3n) is 11.5. The fourth-order valence-corrected chi connectivity index (χ4v) is 7.78. The summed E-state index contributed by atoms with van der Waals surface area (Å²) < 4.78 is 37.7. The summed E-state index contributed by atoms with van der Waals surface area (Å²) in [7, 11) is 0. The number of aryl methyl sites for hydroxylation is 2. The van der Waals surface area contributed by atoms with E-state index in [4.69, 9.17) is 4.74 Å². The van der Waals surface area contributed by atoms with Crippen LogP contribution < -0.4 is 0 Å². The third-order valence-corrected chi connectivity index (χ3v) is 11.5. The quantitative estimate of drug-likeness (QED) is 0.102. The Kier molecular flexibility index (Phi) is 23.3. The summed E-state index contributed by atoms with van der Waals surface area (Å²) in [6.07, 6.45) is 32.2. The molecule has 52 heavy (non-hydrogen) atoms. The predicted molar refractivity (Wildman–Crippen MR) is 227 cm³/mol. The van der Waals surface area contributed by atoms with Gasteiger partial charge in [0.15, 0.2) is 0 Å². The number of rotatable bonds is 23. The van der Waals surface area contributed by atoms with Gasteiger partial charge in [-0.25, -0.2) is 8.78 Å². The topological polar surface area (TPSA) is 9.23 Å². The fourth-order valence-electron chi connectivity index (χ4n) is 7.78. The van der Waals surface area contributed by atoms with E-state index in [1.807, 2.05) is 26.8 Å². The lowest BCUT2D eigenvalue weighted by molar-refractivity contribution is 0.0436. The lowest BCUT2D eigenvalue weighted by atomic mass is 9.80. The Balaban J connectivity index is 0.000000389. The Labute approximate surface area is 321 Å². The molecule has 1 atom stereocenters. The Hall–Kier alpha value is -1.74. The molecule has 0 aromatic heterocycles. The van der Waals surface area contributed by atoms with Crippen molar-refractivity contribution in [2.75, 3.05) is 6.61 Å². The van der Waals surface area contributed by atoms with E-state index in [1.165, 1.54) is 120 Å². The van der Waals surface area contributed by atoms with Crippen molar-refractivity contribution < 1.29 is 13.5 Å². The highest BCUT2D eigenvalue weighted by molar-refractivity contribution is 5.86. The van der Waals surface area contributed by atoms with Crippen LogP contribution in [0.2, 0.25) is 0 Å². The van der Waals surface area contributed by atoms with Gasteiger partial charge in [0, 0.05) is 18.6 Å². The van der Waals surface area contributed by atoms with Gasteiger partial charge in [0.1, 0.15) is 0 Å². The molecule has 3 heteroatoms. The molecule has 1 aromatic rings. The van der Waals surface area contributed by atoms with E-state index in [-0.39, 0.29) is 17.9 Å². The largest absolute Gasteiger partial charge is 0.378 e. The van der Waals surface area contributed by atoms with Crippen molar-refractivity contribution >= 4 is 11.1 Å². The molecule has 1 aliphatic carbocycles. The van der Waals surface area contributed by atoms with Gasteiger partial charge in [0.05, 0.1) is 6.10 Å². The molecular weight excluding hydrogens is 643 g/mol. The van der Waals surface area contributed by atoms with Crippen molar-refractivity contribution in [3.05, 3.63) is 57.2 Å². The van der Waals surface area contributed by atoms with Crippen LogP contribution in [0.25, 0.3) is 11.1 Å². The second kappa shape index (κ2) is 26.1. The maximum absolute atomic E-state index is 15.9. The average molecular weight is 725 g/mol. The van der Waals surface area contributed by atoms with Crippen molar-refractivity contribution in [2.24, 2.45) is 5.92 Å². The number of hydrogen-bond acceptors (Lipinski definition) is 1. The van der Waals surface area contributed by atoms with Gasteiger partial charge in [0.2, 0.25) is 0 Å². The van der Waals surface area contributed by atoms with Crippen LogP contribution in [0, 0.1) is 12.8 Å². The van der Waals surface area contributed by atoms with Crippen LogP contribution in [0.5, 0.6) is 0 Å². The summed E-state index contributed by atoms with van der Waals surface area (Å²) in [5, 5.41) is 0. The molecule has 0 bridgehead atoms. The molecule has 0 N–H and O–H groups in total. The van der Waals surface area contributed by atoms with E-state index < -0.39 is 5.92 Å². The van der Waals surface area contributed by atoms with Gasteiger partial charge in [-0.15, -0.1) is 0 Å². The van der Waals surface area contributed by atoms with Gasteiger partial charge in [-0.2, -0.15) is 0 Å². The molecule has 3 rings (SSSR count). The van der Waals surface area contributed by atoms with E-state index in [1.54, 1.807) is 0 Å². The molecule has 1 aliphatic heterocycles. The Morgan fingerprint density at radius 1 is 0.788 bits per heavy atom. The second-order valence-corrected chi connectivity index (χ2v) is 16.8. The van der Waals surface area contributed by atoms with Crippen molar-refractivity contribution in [3.63, 3.8) is 0 Å². The van der Waals surface area contributed by atoms with E-state index in [0.29, 0.717) is 6.10 Å². The maximum atomic E-state index is 15.9. The van der Waals surface area contributed by atoms with Crippen molar-refractivity contribution in [3.8, 4) is 0 Å². The molecule has 1 aromatic carbocycles. The summed E-state index contributed by atoms with van der Waals surface area (Å²) in [5.74, 6) is -2.94. The molecular formula is C49H82F2O. The van der Waals surface area contributed by atoms with Gasteiger partial charge in [-0.1, -0.05) is 160 Å². The van der Waals surface area contributed by atoms with Gasteiger partial charge < -0.3 is 4.74 Å². The number of benzene rings is 1. The predicted octanol–water partition coefficient (Wildman–Crippen LogP) is 16.8. The van der Waals surface area contributed by atoms with E-state index in [2.05, 4.69) is 53.7 Å². The summed E-state index contributed by atoms with van der Waals surface area (Å²) in [6, 6.07) is 4.22. The first kappa shape index (κ1) is 46.4. The average Bonchev–Trinajstić information content (AvgIpc) is 3.98. The van der Waals surface area contributed by atoms with E-state index in [0.717, 1.165) is 78.5 Å². The minimum absolute atomic E-state index is 0.0753. The molecule has 2 aliphatic rings. The normalized spacial score (nSPS) is 17.1. The molecule has 1 heterocycles. The monoisotopic (exact) mass is 725 g/mol. The highest BCUT2D eigenvalue weighted by Crippen LogP contribution is 2.45. The molecule has 0 amide bonds. The lowest BCUT2D eigenvalue weighted by Gasteiger charge is -2.28.